The van der Waals surface area contributed by atoms with E-state index in [4.69, 9.17) is 27.4 Å². The Kier molecular flexibility index (Phi) is 6.12. The summed E-state index contributed by atoms with van der Waals surface area (Å²) in [5, 5.41) is 1.89. The molecular formula is C15H19BrN4O2S. The van der Waals surface area contributed by atoms with Crippen LogP contribution in [0.4, 0.5) is 0 Å². The molecule has 1 aromatic carbocycles. The monoisotopic (exact) mass is 398 g/mol. The number of rotatable bonds is 6. The largest absolute Gasteiger partial charge is 0.496 e. The van der Waals surface area contributed by atoms with Crippen molar-refractivity contribution >= 4 is 33.3 Å². The summed E-state index contributed by atoms with van der Waals surface area (Å²) in [5.74, 6) is 1.64. The van der Waals surface area contributed by atoms with Crippen LogP contribution in [0.2, 0.25) is 0 Å². The zero-order chi connectivity index (χ0) is 16.8. The number of nitrogens with zero attached hydrogens (tertiary/aromatic N) is 2. The SMILES string of the molecule is COc1cccc(OC)c1CCN1C=CN(NC(N)=S)C=C1Br. The van der Waals surface area contributed by atoms with Gasteiger partial charge in [0.1, 0.15) is 16.1 Å². The third-order valence-electron chi connectivity index (χ3n) is 3.30. The van der Waals surface area contributed by atoms with Crippen LogP contribution in [0.25, 0.3) is 0 Å². The molecule has 124 valence electrons. The van der Waals surface area contributed by atoms with Gasteiger partial charge in [-0.3, -0.25) is 10.4 Å². The minimum atomic E-state index is 0.207. The molecule has 0 spiro atoms. The molecule has 0 unspecified atom stereocenters. The molecule has 1 aromatic rings. The molecule has 23 heavy (non-hydrogen) atoms. The van der Waals surface area contributed by atoms with Crippen molar-refractivity contribution < 1.29 is 9.47 Å². The molecule has 0 radical (unpaired) electrons. The molecule has 1 aliphatic heterocycles. The lowest BCUT2D eigenvalue weighted by Crippen LogP contribution is -2.40. The van der Waals surface area contributed by atoms with E-state index < -0.39 is 0 Å². The second-order valence-corrected chi connectivity index (χ2v) is 5.97. The summed E-state index contributed by atoms with van der Waals surface area (Å²) in [6.45, 7) is 0.755. The minimum absolute atomic E-state index is 0.207. The van der Waals surface area contributed by atoms with Crippen LogP contribution in [-0.4, -0.2) is 35.8 Å². The summed E-state index contributed by atoms with van der Waals surface area (Å²) >= 11 is 8.36. The maximum Gasteiger partial charge on any atom is 0.183 e. The van der Waals surface area contributed by atoms with Gasteiger partial charge < -0.3 is 20.1 Å². The van der Waals surface area contributed by atoms with E-state index in [2.05, 4.69) is 26.3 Å². The van der Waals surface area contributed by atoms with Gasteiger partial charge in [-0.1, -0.05) is 6.07 Å². The Labute approximate surface area is 149 Å². The molecule has 8 heteroatoms. The number of hydrazine groups is 1. The summed E-state index contributed by atoms with van der Waals surface area (Å²) in [5.41, 5.74) is 9.32. The molecule has 0 saturated carbocycles. The van der Waals surface area contributed by atoms with Gasteiger partial charge >= 0.3 is 0 Å². The smallest absolute Gasteiger partial charge is 0.183 e. The number of benzene rings is 1. The molecule has 2 rings (SSSR count). The molecule has 0 aromatic heterocycles. The van der Waals surface area contributed by atoms with E-state index in [9.17, 15) is 0 Å². The van der Waals surface area contributed by atoms with Gasteiger partial charge in [0.2, 0.25) is 0 Å². The van der Waals surface area contributed by atoms with Crippen LogP contribution in [0, 0.1) is 0 Å². The van der Waals surface area contributed by atoms with Crippen LogP contribution in [0.15, 0.2) is 41.4 Å². The molecule has 6 nitrogen and oxygen atoms in total. The highest BCUT2D eigenvalue weighted by molar-refractivity contribution is 9.11. The van der Waals surface area contributed by atoms with E-state index in [0.717, 1.165) is 34.6 Å². The molecule has 3 N–H and O–H groups in total. The highest BCUT2D eigenvalue weighted by atomic mass is 79.9. The third-order valence-corrected chi connectivity index (χ3v) is 4.05. The normalized spacial score (nSPS) is 13.6. The number of methoxy groups -OCH3 is 2. The zero-order valence-corrected chi connectivity index (χ0v) is 15.4. The summed E-state index contributed by atoms with van der Waals surface area (Å²) in [6.07, 6.45) is 6.38. The van der Waals surface area contributed by atoms with Gasteiger partial charge in [-0.2, -0.15) is 0 Å². The molecule has 0 saturated heterocycles. The highest BCUT2D eigenvalue weighted by Gasteiger charge is 2.15. The summed E-state index contributed by atoms with van der Waals surface area (Å²) < 4.78 is 11.7. The van der Waals surface area contributed by atoms with E-state index in [1.54, 1.807) is 19.2 Å². The van der Waals surface area contributed by atoms with Gasteiger partial charge in [-0.15, -0.1) is 0 Å². The first-order chi connectivity index (χ1) is 11.0. The summed E-state index contributed by atoms with van der Waals surface area (Å²) in [7, 11) is 3.32. The number of ether oxygens (including phenoxy) is 2. The average molecular weight is 399 g/mol. The van der Waals surface area contributed by atoms with Crippen LogP contribution in [-0.2, 0) is 6.42 Å². The van der Waals surface area contributed by atoms with Crippen LogP contribution < -0.4 is 20.6 Å². The topological polar surface area (TPSA) is 63.0 Å². The quantitative estimate of drug-likeness (QED) is 0.562. The van der Waals surface area contributed by atoms with Crippen molar-refractivity contribution in [1.29, 1.82) is 0 Å². The average Bonchev–Trinajstić information content (AvgIpc) is 2.53. The number of nitrogens with one attached hydrogen (secondary N) is 1. The fraction of sp³-hybridized carbons (Fsp3) is 0.267. The van der Waals surface area contributed by atoms with Crippen LogP contribution in [0.5, 0.6) is 11.5 Å². The van der Waals surface area contributed by atoms with E-state index in [1.807, 2.05) is 36.8 Å². The van der Waals surface area contributed by atoms with Crippen LogP contribution >= 0.6 is 28.1 Å². The van der Waals surface area contributed by atoms with E-state index in [-0.39, 0.29) is 5.11 Å². The molecular weight excluding hydrogens is 380 g/mol. The lowest BCUT2D eigenvalue weighted by atomic mass is 10.1. The van der Waals surface area contributed by atoms with E-state index in [1.165, 1.54) is 0 Å². The first-order valence-electron chi connectivity index (χ1n) is 6.91. The molecule has 0 bridgehead atoms. The Morgan fingerprint density at radius 1 is 1.26 bits per heavy atom. The minimum Gasteiger partial charge on any atom is -0.496 e. The van der Waals surface area contributed by atoms with Crippen molar-refractivity contribution in [2.45, 2.75) is 6.42 Å². The van der Waals surface area contributed by atoms with Crippen LogP contribution in [0.3, 0.4) is 0 Å². The number of nitrogens with two attached hydrogens (primary N) is 1. The predicted octanol–water partition coefficient (Wildman–Crippen LogP) is 2.28. The van der Waals surface area contributed by atoms with Gasteiger partial charge in [-0.25, -0.2) is 0 Å². The highest BCUT2D eigenvalue weighted by Crippen LogP contribution is 2.29. The Hall–Kier alpha value is -1.93. The predicted molar refractivity (Wildman–Crippen MR) is 97.9 cm³/mol. The number of hydrogen-bond donors (Lipinski definition) is 2. The van der Waals surface area contributed by atoms with Crippen molar-refractivity contribution in [3.63, 3.8) is 0 Å². The molecule has 0 fully saturated rings. The van der Waals surface area contributed by atoms with Crippen LogP contribution in [0.1, 0.15) is 5.56 Å². The van der Waals surface area contributed by atoms with Crippen molar-refractivity contribution in [3.05, 3.63) is 47.0 Å². The molecule has 1 aliphatic rings. The zero-order valence-electron chi connectivity index (χ0n) is 13.0. The Morgan fingerprint density at radius 3 is 2.43 bits per heavy atom. The maximum absolute atomic E-state index is 5.46. The van der Waals surface area contributed by atoms with Gasteiger partial charge in [0.05, 0.1) is 20.4 Å². The molecule has 0 atom stereocenters. The van der Waals surface area contributed by atoms with Crippen molar-refractivity contribution in [3.8, 4) is 11.5 Å². The van der Waals surface area contributed by atoms with Gasteiger partial charge in [0, 0.05) is 24.5 Å². The molecule has 1 heterocycles. The number of thiocarbonyl (C=S) groups is 1. The first-order valence-corrected chi connectivity index (χ1v) is 8.12. The first kappa shape index (κ1) is 17.4. The Morgan fingerprint density at radius 2 is 1.91 bits per heavy atom. The lowest BCUT2D eigenvalue weighted by molar-refractivity contribution is 0.371. The second-order valence-electron chi connectivity index (χ2n) is 4.72. The lowest BCUT2D eigenvalue weighted by Gasteiger charge is -2.28. The van der Waals surface area contributed by atoms with E-state index >= 15 is 0 Å². The fourth-order valence-corrected chi connectivity index (χ4v) is 2.86. The maximum atomic E-state index is 5.46. The van der Waals surface area contributed by atoms with Crippen molar-refractivity contribution in [1.82, 2.24) is 15.3 Å². The van der Waals surface area contributed by atoms with Gasteiger partial charge in [0.25, 0.3) is 0 Å². The second kappa shape index (κ2) is 8.07. The van der Waals surface area contributed by atoms with E-state index in [0.29, 0.717) is 0 Å². The Bertz CT molecular complexity index is 614. The standard InChI is InChI=1S/C15H19BrN4O2S/c1-21-12-4-3-5-13(22-2)11(12)6-7-19-8-9-20(10-14(19)16)18-15(17)23/h3-5,8-10H,6-7H2,1-2H3,(H3,17,18,23). The summed E-state index contributed by atoms with van der Waals surface area (Å²) in [4.78, 5) is 2.06. The molecule has 0 amide bonds. The van der Waals surface area contributed by atoms with Crippen molar-refractivity contribution in [2.75, 3.05) is 20.8 Å². The summed E-state index contributed by atoms with van der Waals surface area (Å²) in [6, 6.07) is 5.78. The van der Waals surface area contributed by atoms with Gasteiger partial charge in [-0.05, 0) is 46.7 Å². The molecule has 0 aliphatic carbocycles. The Balaban J connectivity index is 2.05. The fourth-order valence-electron chi connectivity index (χ4n) is 2.24. The third kappa shape index (κ3) is 4.52. The van der Waals surface area contributed by atoms with Gasteiger partial charge in [0.15, 0.2) is 5.11 Å². The number of hydrogen-bond acceptors (Lipinski definition) is 5. The van der Waals surface area contributed by atoms with Crippen molar-refractivity contribution in [2.24, 2.45) is 5.73 Å². The number of halogens is 1.